The fraction of sp³-hybridized carbons (Fsp3) is 0.294. The van der Waals surface area contributed by atoms with Crippen LogP contribution in [0.3, 0.4) is 0 Å². The zero-order valence-electron chi connectivity index (χ0n) is 12.8. The van der Waals surface area contributed by atoms with Gasteiger partial charge in [0.2, 0.25) is 0 Å². The molecule has 6 heteroatoms. The van der Waals surface area contributed by atoms with E-state index in [2.05, 4.69) is 0 Å². The number of primary amides is 1. The normalized spacial score (nSPS) is 17.2. The lowest BCUT2D eigenvalue weighted by atomic mass is 10.0. The third-order valence-electron chi connectivity index (χ3n) is 4.00. The first-order valence-electron chi connectivity index (χ1n) is 7.40. The van der Waals surface area contributed by atoms with Crippen molar-refractivity contribution in [3.05, 3.63) is 52.3 Å². The highest BCUT2D eigenvalue weighted by molar-refractivity contribution is 6.01. The fourth-order valence-electron chi connectivity index (χ4n) is 2.97. The van der Waals surface area contributed by atoms with E-state index in [0.717, 1.165) is 5.56 Å². The van der Waals surface area contributed by atoms with Crippen molar-refractivity contribution in [3.63, 3.8) is 0 Å². The van der Waals surface area contributed by atoms with E-state index < -0.39 is 5.91 Å². The van der Waals surface area contributed by atoms with Crippen LogP contribution in [0.1, 0.15) is 22.8 Å². The summed E-state index contributed by atoms with van der Waals surface area (Å²) < 4.78 is 12.2. The van der Waals surface area contributed by atoms with Crippen molar-refractivity contribution in [2.45, 2.75) is 12.5 Å². The third kappa shape index (κ3) is 2.73. The first kappa shape index (κ1) is 15.3. The molecule has 2 heterocycles. The molecule has 6 nitrogen and oxygen atoms in total. The van der Waals surface area contributed by atoms with Gasteiger partial charge in [-0.25, -0.2) is 0 Å². The van der Waals surface area contributed by atoms with Gasteiger partial charge in [0, 0.05) is 12.7 Å². The summed E-state index contributed by atoms with van der Waals surface area (Å²) in [6, 6.07) is 10.4. The zero-order chi connectivity index (χ0) is 16.4. The topological polar surface area (TPSA) is 83.6 Å². The predicted molar refractivity (Wildman–Crippen MR) is 85.7 cm³/mol. The van der Waals surface area contributed by atoms with Gasteiger partial charge in [-0.15, -0.1) is 0 Å². The molecule has 3 rings (SSSR count). The number of nitrogens with zero attached hydrogens (tertiary/aromatic N) is 1. The molecule has 23 heavy (non-hydrogen) atoms. The average molecular weight is 314 g/mol. The Hall–Kier alpha value is -2.60. The SMILES string of the molecule is COc1cc(=O)n([C@H]2CCOC2)c(-c2ccccc2)c1C(N)=O. The van der Waals surface area contributed by atoms with Gasteiger partial charge in [0.15, 0.2) is 0 Å². The summed E-state index contributed by atoms with van der Waals surface area (Å²) in [5, 5.41) is 0. The highest BCUT2D eigenvalue weighted by atomic mass is 16.5. The zero-order valence-corrected chi connectivity index (χ0v) is 12.8. The number of hydrogen-bond acceptors (Lipinski definition) is 4. The van der Waals surface area contributed by atoms with Crippen LogP contribution in [0, 0.1) is 0 Å². The van der Waals surface area contributed by atoms with Crippen molar-refractivity contribution in [1.29, 1.82) is 0 Å². The van der Waals surface area contributed by atoms with Gasteiger partial charge in [-0.3, -0.25) is 9.59 Å². The van der Waals surface area contributed by atoms with Crippen LogP contribution in [0.2, 0.25) is 0 Å². The minimum atomic E-state index is -0.631. The van der Waals surface area contributed by atoms with Crippen molar-refractivity contribution >= 4 is 5.91 Å². The second-order valence-corrected chi connectivity index (χ2v) is 5.39. The van der Waals surface area contributed by atoms with E-state index >= 15 is 0 Å². The Kier molecular flexibility index (Phi) is 4.16. The Balaban J connectivity index is 2.36. The van der Waals surface area contributed by atoms with Crippen molar-refractivity contribution in [2.75, 3.05) is 20.3 Å². The van der Waals surface area contributed by atoms with Crippen molar-refractivity contribution in [1.82, 2.24) is 4.57 Å². The van der Waals surface area contributed by atoms with E-state index in [4.69, 9.17) is 15.2 Å². The summed E-state index contributed by atoms with van der Waals surface area (Å²) >= 11 is 0. The van der Waals surface area contributed by atoms with E-state index in [1.807, 2.05) is 30.3 Å². The molecule has 0 unspecified atom stereocenters. The van der Waals surface area contributed by atoms with Gasteiger partial charge >= 0.3 is 0 Å². The molecule has 0 saturated carbocycles. The molecular formula is C17H18N2O4. The van der Waals surface area contributed by atoms with Crippen molar-refractivity contribution < 1.29 is 14.3 Å². The standard InChI is InChI=1S/C17H18N2O4/c1-22-13-9-14(20)19(12-7-8-23-10-12)16(15(13)17(18)21)11-5-3-2-4-6-11/h2-6,9,12H,7-8,10H2,1H3,(H2,18,21)/t12-/m0/s1. The van der Waals surface area contributed by atoms with Gasteiger partial charge in [-0.2, -0.15) is 0 Å². The Bertz CT molecular complexity index is 777. The summed E-state index contributed by atoms with van der Waals surface area (Å²) in [6.45, 7) is 1.02. The molecule has 120 valence electrons. The molecule has 1 fully saturated rings. The number of rotatable bonds is 4. The Morgan fingerprint density at radius 2 is 2.09 bits per heavy atom. The first-order valence-corrected chi connectivity index (χ1v) is 7.40. The molecule has 0 bridgehead atoms. The van der Waals surface area contributed by atoms with E-state index in [1.165, 1.54) is 13.2 Å². The average Bonchev–Trinajstić information content (AvgIpc) is 3.08. The monoisotopic (exact) mass is 314 g/mol. The second-order valence-electron chi connectivity index (χ2n) is 5.39. The molecule has 0 aliphatic carbocycles. The molecule has 1 aliphatic heterocycles. The third-order valence-corrected chi connectivity index (χ3v) is 4.00. The number of aromatic nitrogens is 1. The van der Waals surface area contributed by atoms with Gasteiger partial charge < -0.3 is 19.8 Å². The minimum absolute atomic E-state index is 0.123. The number of pyridine rings is 1. The van der Waals surface area contributed by atoms with Crippen LogP contribution in [-0.4, -0.2) is 30.8 Å². The van der Waals surface area contributed by atoms with E-state index in [1.54, 1.807) is 4.57 Å². The number of carbonyl (C=O) groups excluding carboxylic acids is 1. The fourth-order valence-corrected chi connectivity index (χ4v) is 2.97. The van der Waals surface area contributed by atoms with Gasteiger partial charge in [-0.1, -0.05) is 30.3 Å². The molecule has 2 N–H and O–H groups in total. The Morgan fingerprint density at radius 3 is 2.65 bits per heavy atom. The largest absolute Gasteiger partial charge is 0.496 e. The van der Waals surface area contributed by atoms with Crippen LogP contribution < -0.4 is 16.0 Å². The lowest BCUT2D eigenvalue weighted by molar-refractivity contribution is 0.0997. The molecule has 1 aliphatic rings. The summed E-state index contributed by atoms with van der Waals surface area (Å²) in [5.74, 6) is -0.440. The van der Waals surface area contributed by atoms with Crippen LogP contribution in [0.25, 0.3) is 11.3 Å². The molecule has 0 radical (unpaired) electrons. The van der Waals surface area contributed by atoms with Crippen LogP contribution in [0.5, 0.6) is 5.75 Å². The van der Waals surface area contributed by atoms with Crippen molar-refractivity contribution in [2.24, 2.45) is 5.73 Å². The molecule has 1 aromatic carbocycles. The van der Waals surface area contributed by atoms with Crippen LogP contribution in [0.4, 0.5) is 0 Å². The number of ether oxygens (including phenoxy) is 2. The maximum absolute atomic E-state index is 12.6. The van der Waals surface area contributed by atoms with Crippen LogP contribution in [-0.2, 0) is 4.74 Å². The maximum Gasteiger partial charge on any atom is 0.255 e. The minimum Gasteiger partial charge on any atom is -0.496 e. The quantitative estimate of drug-likeness (QED) is 0.929. The van der Waals surface area contributed by atoms with Crippen LogP contribution in [0.15, 0.2) is 41.2 Å². The van der Waals surface area contributed by atoms with Gasteiger partial charge in [0.05, 0.1) is 25.5 Å². The van der Waals surface area contributed by atoms with Gasteiger partial charge in [0.25, 0.3) is 11.5 Å². The van der Waals surface area contributed by atoms with E-state index in [9.17, 15) is 9.59 Å². The molecule has 1 aromatic heterocycles. The lowest BCUT2D eigenvalue weighted by Crippen LogP contribution is -2.30. The van der Waals surface area contributed by atoms with Crippen LogP contribution >= 0.6 is 0 Å². The molecule has 0 spiro atoms. The first-order chi connectivity index (χ1) is 11.1. The summed E-state index contributed by atoms with van der Waals surface area (Å²) in [5.41, 5.74) is 6.78. The number of carbonyl (C=O) groups is 1. The molecule has 1 saturated heterocycles. The molecule has 2 aromatic rings. The predicted octanol–water partition coefficient (Wildman–Crippen LogP) is 1.58. The lowest BCUT2D eigenvalue weighted by Gasteiger charge is -2.22. The van der Waals surface area contributed by atoms with Gasteiger partial charge in [-0.05, 0) is 12.0 Å². The smallest absolute Gasteiger partial charge is 0.255 e. The summed E-state index contributed by atoms with van der Waals surface area (Å²) in [6.07, 6.45) is 0.713. The number of methoxy groups -OCH3 is 1. The number of amides is 1. The maximum atomic E-state index is 12.6. The number of benzene rings is 1. The van der Waals surface area contributed by atoms with Crippen molar-refractivity contribution in [3.8, 4) is 17.0 Å². The number of hydrogen-bond donors (Lipinski definition) is 1. The van der Waals surface area contributed by atoms with E-state index in [-0.39, 0.29) is 22.9 Å². The van der Waals surface area contributed by atoms with Gasteiger partial charge in [0.1, 0.15) is 11.3 Å². The van der Waals surface area contributed by atoms with E-state index in [0.29, 0.717) is 25.3 Å². The Morgan fingerprint density at radius 1 is 1.35 bits per heavy atom. The summed E-state index contributed by atoms with van der Waals surface area (Å²) in [7, 11) is 1.42. The Labute approximate surface area is 133 Å². The summed E-state index contributed by atoms with van der Waals surface area (Å²) in [4.78, 5) is 24.7. The number of nitrogens with two attached hydrogens (primary N) is 1. The molecule has 1 amide bonds. The second kappa shape index (κ2) is 6.26. The highest BCUT2D eigenvalue weighted by Crippen LogP contribution is 2.32. The molecular weight excluding hydrogens is 296 g/mol. The molecule has 1 atom stereocenters. The highest BCUT2D eigenvalue weighted by Gasteiger charge is 2.27.